The third kappa shape index (κ3) is 4.43. The minimum atomic E-state index is 0.459. The van der Waals surface area contributed by atoms with Crippen molar-refractivity contribution in [2.24, 2.45) is 7.05 Å². The molecule has 0 amide bonds. The molecule has 0 radical (unpaired) electrons. The number of hydrogen-bond donors (Lipinski definition) is 1. The Hall–Kier alpha value is -1.61. The van der Waals surface area contributed by atoms with Gasteiger partial charge in [-0.05, 0) is 50.4 Å². The van der Waals surface area contributed by atoms with Crippen LogP contribution in [0.4, 0.5) is 0 Å². The molecule has 0 saturated heterocycles. The van der Waals surface area contributed by atoms with E-state index in [1.54, 1.807) is 0 Å². The predicted molar refractivity (Wildman–Crippen MR) is 88.6 cm³/mol. The van der Waals surface area contributed by atoms with E-state index in [4.69, 9.17) is 0 Å². The number of nitrogens with zero attached hydrogens (tertiary/aromatic N) is 2. The molecule has 0 saturated carbocycles. The van der Waals surface area contributed by atoms with Crippen molar-refractivity contribution in [3.63, 3.8) is 0 Å². The van der Waals surface area contributed by atoms with Crippen LogP contribution in [0, 0.1) is 13.8 Å². The van der Waals surface area contributed by atoms with Gasteiger partial charge in [0.2, 0.25) is 0 Å². The van der Waals surface area contributed by atoms with Crippen LogP contribution in [0.15, 0.2) is 30.3 Å². The Kier molecular flexibility index (Phi) is 5.57. The smallest absolute Gasteiger partial charge is 0.0596 e. The molecule has 1 aromatic heterocycles. The van der Waals surface area contributed by atoms with Gasteiger partial charge in [0.1, 0.15) is 0 Å². The molecule has 0 fully saturated rings. The molecule has 114 valence electrons. The molecule has 3 heteroatoms. The Morgan fingerprint density at radius 1 is 1.19 bits per heavy atom. The minimum absolute atomic E-state index is 0.459. The van der Waals surface area contributed by atoms with Gasteiger partial charge in [-0.15, -0.1) is 0 Å². The first-order valence-corrected chi connectivity index (χ1v) is 7.87. The van der Waals surface area contributed by atoms with Crippen LogP contribution in [-0.2, 0) is 19.9 Å². The Labute approximate surface area is 128 Å². The molecule has 1 atom stereocenters. The van der Waals surface area contributed by atoms with Crippen molar-refractivity contribution < 1.29 is 0 Å². The summed E-state index contributed by atoms with van der Waals surface area (Å²) in [5.41, 5.74) is 5.21. The Bertz CT molecular complexity index is 572. The molecule has 1 unspecified atom stereocenters. The SMILES string of the molecule is CCCNC(Cc1ccccc1C)Cc1cc(C)nn1C. The van der Waals surface area contributed by atoms with Gasteiger partial charge in [-0.3, -0.25) is 4.68 Å². The lowest BCUT2D eigenvalue weighted by molar-refractivity contribution is 0.490. The van der Waals surface area contributed by atoms with Gasteiger partial charge >= 0.3 is 0 Å². The van der Waals surface area contributed by atoms with Crippen molar-refractivity contribution in [2.75, 3.05) is 6.54 Å². The van der Waals surface area contributed by atoms with E-state index in [0.29, 0.717) is 6.04 Å². The average molecular weight is 285 g/mol. The average Bonchev–Trinajstić information content (AvgIpc) is 2.76. The summed E-state index contributed by atoms with van der Waals surface area (Å²) in [6, 6.07) is 11.3. The maximum absolute atomic E-state index is 4.46. The molecule has 0 aliphatic rings. The fourth-order valence-electron chi connectivity index (χ4n) is 2.78. The van der Waals surface area contributed by atoms with Gasteiger partial charge in [0.15, 0.2) is 0 Å². The normalized spacial score (nSPS) is 12.6. The molecule has 2 aromatic rings. The molecule has 0 spiro atoms. The van der Waals surface area contributed by atoms with Crippen molar-refractivity contribution in [2.45, 2.75) is 46.1 Å². The standard InChI is InChI=1S/C18H27N3/c1-5-10-19-17(12-16-9-7-6-8-14(16)2)13-18-11-15(3)20-21(18)4/h6-9,11,17,19H,5,10,12-13H2,1-4H3. The van der Waals surface area contributed by atoms with Crippen LogP contribution >= 0.6 is 0 Å². The van der Waals surface area contributed by atoms with Crippen molar-refractivity contribution in [1.29, 1.82) is 0 Å². The molecule has 0 bridgehead atoms. The molecular weight excluding hydrogens is 258 g/mol. The molecule has 1 aromatic carbocycles. The van der Waals surface area contributed by atoms with E-state index in [0.717, 1.165) is 31.5 Å². The summed E-state index contributed by atoms with van der Waals surface area (Å²) in [6.07, 6.45) is 3.25. The van der Waals surface area contributed by atoms with Crippen LogP contribution in [0.2, 0.25) is 0 Å². The number of hydrogen-bond acceptors (Lipinski definition) is 2. The zero-order chi connectivity index (χ0) is 15.2. The molecule has 1 heterocycles. The van der Waals surface area contributed by atoms with Gasteiger partial charge in [-0.1, -0.05) is 31.2 Å². The first kappa shape index (κ1) is 15.8. The predicted octanol–water partition coefficient (Wildman–Crippen LogP) is 3.19. The van der Waals surface area contributed by atoms with Crippen LogP contribution in [0.1, 0.15) is 35.9 Å². The second kappa shape index (κ2) is 7.41. The minimum Gasteiger partial charge on any atom is -0.313 e. The van der Waals surface area contributed by atoms with E-state index in [1.165, 1.54) is 16.8 Å². The largest absolute Gasteiger partial charge is 0.313 e. The maximum atomic E-state index is 4.46. The molecule has 21 heavy (non-hydrogen) atoms. The van der Waals surface area contributed by atoms with Crippen molar-refractivity contribution in [3.05, 3.63) is 52.8 Å². The Balaban J connectivity index is 2.11. The quantitative estimate of drug-likeness (QED) is 0.846. The number of aryl methyl sites for hydroxylation is 3. The topological polar surface area (TPSA) is 29.9 Å². The van der Waals surface area contributed by atoms with Crippen LogP contribution in [0.25, 0.3) is 0 Å². The zero-order valence-corrected chi connectivity index (χ0v) is 13.7. The molecular formula is C18H27N3. The maximum Gasteiger partial charge on any atom is 0.0596 e. The number of nitrogens with one attached hydrogen (secondary N) is 1. The second-order valence-corrected chi connectivity index (χ2v) is 5.89. The summed E-state index contributed by atoms with van der Waals surface area (Å²) in [5, 5.41) is 8.15. The molecule has 0 aliphatic heterocycles. The van der Waals surface area contributed by atoms with Crippen LogP contribution < -0.4 is 5.32 Å². The summed E-state index contributed by atoms with van der Waals surface area (Å²) < 4.78 is 2.01. The second-order valence-electron chi connectivity index (χ2n) is 5.89. The summed E-state index contributed by atoms with van der Waals surface area (Å²) >= 11 is 0. The number of rotatable bonds is 7. The molecule has 0 aliphatic carbocycles. The van der Waals surface area contributed by atoms with Gasteiger partial charge in [0, 0.05) is 25.2 Å². The van der Waals surface area contributed by atoms with E-state index in [2.05, 4.69) is 61.5 Å². The van der Waals surface area contributed by atoms with E-state index < -0.39 is 0 Å². The summed E-state index contributed by atoms with van der Waals surface area (Å²) in [7, 11) is 2.03. The highest BCUT2D eigenvalue weighted by Gasteiger charge is 2.13. The van der Waals surface area contributed by atoms with Crippen LogP contribution in [0.3, 0.4) is 0 Å². The van der Waals surface area contributed by atoms with Crippen molar-refractivity contribution >= 4 is 0 Å². The Morgan fingerprint density at radius 2 is 1.95 bits per heavy atom. The monoisotopic (exact) mass is 285 g/mol. The van der Waals surface area contributed by atoms with Crippen molar-refractivity contribution in [3.8, 4) is 0 Å². The van der Waals surface area contributed by atoms with Gasteiger partial charge in [0.05, 0.1) is 5.69 Å². The van der Waals surface area contributed by atoms with E-state index in [9.17, 15) is 0 Å². The molecule has 1 N–H and O–H groups in total. The lowest BCUT2D eigenvalue weighted by atomic mass is 9.98. The van der Waals surface area contributed by atoms with E-state index >= 15 is 0 Å². The van der Waals surface area contributed by atoms with E-state index in [-0.39, 0.29) is 0 Å². The van der Waals surface area contributed by atoms with Gasteiger partial charge in [0.25, 0.3) is 0 Å². The third-order valence-electron chi connectivity index (χ3n) is 3.97. The number of benzene rings is 1. The molecule has 3 nitrogen and oxygen atoms in total. The zero-order valence-electron chi connectivity index (χ0n) is 13.7. The lowest BCUT2D eigenvalue weighted by Crippen LogP contribution is -2.34. The summed E-state index contributed by atoms with van der Waals surface area (Å²) in [6.45, 7) is 7.53. The van der Waals surface area contributed by atoms with Gasteiger partial charge in [-0.2, -0.15) is 5.10 Å². The highest BCUT2D eigenvalue weighted by molar-refractivity contribution is 5.26. The molecule has 2 rings (SSSR count). The summed E-state index contributed by atoms with van der Waals surface area (Å²) in [5.74, 6) is 0. The van der Waals surface area contributed by atoms with Gasteiger partial charge < -0.3 is 5.32 Å². The highest BCUT2D eigenvalue weighted by Crippen LogP contribution is 2.13. The van der Waals surface area contributed by atoms with Crippen LogP contribution in [-0.4, -0.2) is 22.4 Å². The lowest BCUT2D eigenvalue weighted by Gasteiger charge is -2.20. The fraction of sp³-hybridized carbons (Fsp3) is 0.500. The highest BCUT2D eigenvalue weighted by atomic mass is 15.3. The van der Waals surface area contributed by atoms with E-state index in [1.807, 2.05) is 11.7 Å². The number of aromatic nitrogens is 2. The summed E-state index contributed by atoms with van der Waals surface area (Å²) in [4.78, 5) is 0. The van der Waals surface area contributed by atoms with Crippen molar-refractivity contribution in [1.82, 2.24) is 15.1 Å². The van der Waals surface area contributed by atoms with Crippen LogP contribution in [0.5, 0.6) is 0 Å². The first-order valence-electron chi connectivity index (χ1n) is 7.87. The third-order valence-corrected chi connectivity index (χ3v) is 3.97. The fourth-order valence-corrected chi connectivity index (χ4v) is 2.78. The first-order chi connectivity index (χ1) is 10.1. The van der Waals surface area contributed by atoms with Gasteiger partial charge in [-0.25, -0.2) is 0 Å². The Morgan fingerprint density at radius 3 is 2.57 bits per heavy atom.